The maximum Gasteiger partial charge on any atom is 0.269 e. The molecule has 0 saturated heterocycles. The van der Waals surface area contributed by atoms with Crippen LogP contribution in [0.2, 0.25) is 0 Å². The lowest BCUT2D eigenvalue weighted by molar-refractivity contribution is 0.534. The van der Waals surface area contributed by atoms with Crippen LogP contribution in [0.1, 0.15) is 58.7 Å². The molecule has 0 amide bonds. The van der Waals surface area contributed by atoms with Gasteiger partial charge in [-0.3, -0.25) is 14.6 Å². The zero-order valence-electron chi connectivity index (χ0n) is 11.2. The molecule has 1 rings (SSSR count). The van der Waals surface area contributed by atoms with Gasteiger partial charge in [-0.1, -0.05) is 34.1 Å². The maximum absolute atomic E-state index is 12.1. The number of aromatic nitrogens is 2. The Morgan fingerprint density at radius 2 is 1.88 bits per heavy atom. The number of hydrogen-bond acceptors (Lipinski definition) is 1. The average molecular weight is 224 g/mol. The Morgan fingerprint density at radius 1 is 1.25 bits per heavy atom. The molecule has 0 bridgehead atoms. The van der Waals surface area contributed by atoms with E-state index in [-0.39, 0.29) is 11.0 Å². The van der Waals surface area contributed by atoms with E-state index >= 15 is 0 Å². The van der Waals surface area contributed by atoms with E-state index in [1.54, 1.807) is 4.68 Å². The summed E-state index contributed by atoms with van der Waals surface area (Å²) < 4.78 is 1.71. The largest absolute Gasteiger partial charge is 0.299 e. The van der Waals surface area contributed by atoms with Crippen LogP contribution in [-0.2, 0) is 18.4 Å². The first kappa shape index (κ1) is 13.1. The van der Waals surface area contributed by atoms with Gasteiger partial charge in [0, 0.05) is 23.2 Å². The summed E-state index contributed by atoms with van der Waals surface area (Å²) in [6.07, 6.45) is 3.10. The highest BCUT2D eigenvalue weighted by molar-refractivity contribution is 5.24. The highest BCUT2D eigenvalue weighted by Gasteiger charge is 2.23. The van der Waals surface area contributed by atoms with Gasteiger partial charge in [0.15, 0.2) is 0 Å². The van der Waals surface area contributed by atoms with Gasteiger partial charge < -0.3 is 0 Å². The lowest BCUT2D eigenvalue weighted by Gasteiger charge is -2.18. The molecule has 0 fully saturated rings. The Labute approximate surface area is 97.8 Å². The van der Waals surface area contributed by atoms with Crippen LogP contribution in [-0.4, -0.2) is 9.78 Å². The molecule has 0 aliphatic rings. The van der Waals surface area contributed by atoms with Crippen molar-refractivity contribution in [2.75, 3.05) is 0 Å². The van der Waals surface area contributed by atoms with Crippen molar-refractivity contribution in [2.45, 2.75) is 65.8 Å². The van der Waals surface area contributed by atoms with Crippen molar-refractivity contribution in [3.63, 3.8) is 0 Å². The Hall–Kier alpha value is -0.990. The van der Waals surface area contributed by atoms with Crippen molar-refractivity contribution in [1.29, 1.82) is 0 Å². The van der Waals surface area contributed by atoms with Crippen molar-refractivity contribution in [3.05, 3.63) is 21.6 Å². The summed E-state index contributed by atoms with van der Waals surface area (Å²) >= 11 is 0. The van der Waals surface area contributed by atoms with Gasteiger partial charge in [0.05, 0.1) is 0 Å². The van der Waals surface area contributed by atoms with Gasteiger partial charge in [-0.2, -0.15) is 0 Å². The van der Waals surface area contributed by atoms with Gasteiger partial charge in [-0.25, -0.2) is 0 Å². The lowest BCUT2D eigenvalue weighted by Crippen LogP contribution is -2.18. The molecule has 0 radical (unpaired) electrons. The smallest absolute Gasteiger partial charge is 0.269 e. The van der Waals surface area contributed by atoms with Crippen LogP contribution in [0.5, 0.6) is 0 Å². The van der Waals surface area contributed by atoms with E-state index in [4.69, 9.17) is 0 Å². The number of unbranched alkanes of at least 4 members (excludes halogenated alkanes) is 1. The van der Waals surface area contributed by atoms with Crippen molar-refractivity contribution in [2.24, 2.45) is 0 Å². The molecule has 0 aromatic carbocycles. The first-order valence-corrected chi connectivity index (χ1v) is 6.24. The van der Waals surface area contributed by atoms with E-state index in [1.807, 2.05) is 6.92 Å². The van der Waals surface area contributed by atoms with Crippen molar-refractivity contribution >= 4 is 0 Å². The minimum Gasteiger partial charge on any atom is -0.299 e. The van der Waals surface area contributed by atoms with E-state index < -0.39 is 0 Å². The number of rotatable bonds is 4. The summed E-state index contributed by atoms with van der Waals surface area (Å²) in [5.41, 5.74) is 2.27. The van der Waals surface area contributed by atoms with E-state index in [0.717, 1.165) is 30.5 Å². The van der Waals surface area contributed by atoms with Crippen LogP contribution in [0.3, 0.4) is 0 Å². The lowest BCUT2D eigenvalue weighted by atomic mass is 9.88. The van der Waals surface area contributed by atoms with Crippen LogP contribution in [0.25, 0.3) is 0 Å². The van der Waals surface area contributed by atoms with Gasteiger partial charge in [0.25, 0.3) is 5.56 Å². The fourth-order valence-corrected chi connectivity index (χ4v) is 1.95. The summed E-state index contributed by atoms with van der Waals surface area (Å²) in [6.45, 7) is 11.3. The zero-order valence-corrected chi connectivity index (χ0v) is 11.2. The molecule has 0 aliphatic heterocycles. The average Bonchev–Trinajstić information content (AvgIpc) is 2.52. The molecular weight excluding hydrogens is 200 g/mol. The monoisotopic (exact) mass is 224 g/mol. The van der Waals surface area contributed by atoms with E-state index in [1.165, 1.54) is 0 Å². The predicted octanol–water partition coefficient (Wildman–Crippen LogP) is 2.84. The first-order valence-electron chi connectivity index (χ1n) is 6.24. The number of aryl methyl sites for hydroxylation is 1. The van der Waals surface area contributed by atoms with E-state index in [0.29, 0.717) is 6.54 Å². The van der Waals surface area contributed by atoms with Crippen molar-refractivity contribution in [1.82, 2.24) is 9.78 Å². The second-order valence-electron chi connectivity index (χ2n) is 5.37. The highest BCUT2D eigenvalue weighted by atomic mass is 16.1. The van der Waals surface area contributed by atoms with Crippen LogP contribution >= 0.6 is 0 Å². The number of hydrogen-bond donors (Lipinski definition) is 1. The minimum absolute atomic E-state index is 0.0165. The summed E-state index contributed by atoms with van der Waals surface area (Å²) in [7, 11) is 0. The molecule has 3 heteroatoms. The van der Waals surface area contributed by atoms with Gasteiger partial charge in [0.1, 0.15) is 0 Å². The van der Waals surface area contributed by atoms with E-state index in [9.17, 15) is 4.79 Å². The predicted molar refractivity (Wildman–Crippen MR) is 68.0 cm³/mol. The molecule has 1 aromatic rings. The standard InChI is InChI=1S/C13H24N2O/c1-6-8-9-10-11(13(3,4)5)14-15(7-2)12(10)16/h14H,6-9H2,1-5H3. The SMILES string of the molecule is CCCCc1c(C(C)(C)C)[nH]n(CC)c1=O. The molecule has 3 nitrogen and oxygen atoms in total. The Balaban J connectivity index is 3.20. The molecule has 0 unspecified atom stereocenters. The third-order valence-electron chi connectivity index (χ3n) is 2.90. The molecule has 1 N–H and O–H groups in total. The summed E-state index contributed by atoms with van der Waals surface area (Å²) in [6, 6.07) is 0. The second-order valence-corrected chi connectivity index (χ2v) is 5.37. The van der Waals surface area contributed by atoms with Crippen LogP contribution in [0.15, 0.2) is 4.79 Å². The zero-order chi connectivity index (χ0) is 12.3. The molecule has 0 saturated carbocycles. The van der Waals surface area contributed by atoms with Crippen molar-refractivity contribution in [3.8, 4) is 0 Å². The number of aromatic amines is 1. The van der Waals surface area contributed by atoms with Crippen LogP contribution < -0.4 is 5.56 Å². The molecule has 1 aromatic heterocycles. The summed E-state index contributed by atoms with van der Waals surface area (Å²) in [5.74, 6) is 0. The summed E-state index contributed by atoms with van der Waals surface area (Å²) in [4.78, 5) is 12.1. The third kappa shape index (κ3) is 2.57. The number of H-pyrrole nitrogens is 1. The minimum atomic E-state index is 0.0165. The molecule has 0 aliphatic carbocycles. The van der Waals surface area contributed by atoms with Gasteiger partial charge >= 0.3 is 0 Å². The third-order valence-corrected chi connectivity index (χ3v) is 2.90. The van der Waals surface area contributed by atoms with Crippen molar-refractivity contribution < 1.29 is 0 Å². The number of nitrogens with one attached hydrogen (secondary N) is 1. The summed E-state index contributed by atoms with van der Waals surface area (Å²) in [5, 5.41) is 3.25. The second kappa shape index (κ2) is 4.89. The molecule has 0 atom stereocenters. The molecule has 92 valence electrons. The first-order chi connectivity index (χ1) is 7.41. The molecule has 1 heterocycles. The number of nitrogens with zero attached hydrogens (tertiary/aromatic N) is 1. The fraction of sp³-hybridized carbons (Fsp3) is 0.769. The maximum atomic E-state index is 12.1. The quantitative estimate of drug-likeness (QED) is 0.839. The Morgan fingerprint density at radius 3 is 2.31 bits per heavy atom. The van der Waals surface area contributed by atoms with Crippen LogP contribution in [0.4, 0.5) is 0 Å². The fourth-order valence-electron chi connectivity index (χ4n) is 1.95. The van der Waals surface area contributed by atoms with Gasteiger partial charge in [-0.15, -0.1) is 0 Å². The van der Waals surface area contributed by atoms with E-state index in [2.05, 4.69) is 32.8 Å². The Kier molecular flexibility index (Phi) is 4.00. The normalized spacial score (nSPS) is 12.1. The molecule has 16 heavy (non-hydrogen) atoms. The van der Waals surface area contributed by atoms with Gasteiger partial charge in [-0.05, 0) is 19.8 Å². The molecular formula is C13H24N2O. The topological polar surface area (TPSA) is 37.8 Å². The van der Waals surface area contributed by atoms with Gasteiger partial charge in [0.2, 0.25) is 0 Å². The Bertz CT molecular complexity index is 393. The van der Waals surface area contributed by atoms with Crippen LogP contribution in [0, 0.1) is 0 Å². The highest BCUT2D eigenvalue weighted by Crippen LogP contribution is 2.23. The molecule has 0 spiro atoms.